The fraction of sp³-hybridized carbons (Fsp3) is 0.286. The average Bonchev–Trinajstić information content (AvgIpc) is 2.37. The average molecular weight is 317 g/mol. The summed E-state index contributed by atoms with van der Waals surface area (Å²) in [7, 11) is 0. The van der Waals surface area contributed by atoms with Crippen molar-refractivity contribution in [2.45, 2.75) is 20.3 Å². The molecule has 0 radical (unpaired) electrons. The molecule has 0 N–H and O–H groups in total. The number of ether oxygens (including phenoxy) is 2. The van der Waals surface area contributed by atoms with Gasteiger partial charge in [-0.15, -0.1) is 0 Å². The maximum Gasteiger partial charge on any atom is 0.333 e. The van der Waals surface area contributed by atoms with E-state index in [2.05, 4.69) is 6.58 Å². The van der Waals surface area contributed by atoms with Gasteiger partial charge in [-0.05, 0) is 18.6 Å². The normalized spacial score (nSPS) is 10.0. The Bertz CT molecular complexity index is 552. The smallest absolute Gasteiger partial charge is 0.333 e. The van der Waals surface area contributed by atoms with Gasteiger partial charge in [0.25, 0.3) is 0 Å². The molecule has 0 aliphatic heterocycles. The van der Waals surface area contributed by atoms with Crippen molar-refractivity contribution in [2.75, 3.05) is 6.61 Å². The zero-order valence-corrected chi connectivity index (χ0v) is 12.7. The first-order valence-electron chi connectivity index (χ1n) is 5.87. The van der Waals surface area contributed by atoms with E-state index < -0.39 is 11.9 Å². The summed E-state index contributed by atoms with van der Waals surface area (Å²) >= 11 is 12.0. The molecule has 0 unspecified atom stereocenters. The van der Waals surface area contributed by atoms with Crippen LogP contribution in [0.1, 0.15) is 19.4 Å². The predicted molar refractivity (Wildman–Crippen MR) is 77.2 cm³/mol. The molecule has 4 nitrogen and oxygen atoms in total. The van der Waals surface area contributed by atoms with Crippen LogP contribution in [0.3, 0.4) is 0 Å². The third-order valence-corrected chi connectivity index (χ3v) is 3.05. The molecule has 0 heterocycles. The van der Waals surface area contributed by atoms with Gasteiger partial charge >= 0.3 is 11.9 Å². The summed E-state index contributed by atoms with van der Waals surface area (Å²) in [5.41, 5.74) is 0.829. The molecule has 0 spiro atoms. The molecular formula is C14H14Cl2O4. The maximum absolute atomic E-state index is 11.5. The lowest BCUT2D eigenvalue weighted by atomic mass is 10.1. The molecule has 0 amide bonds. The van der Waals surface area contributed by atoms with Gasteiger partial charge in [-0.25, -0.2) is 4.79 Å². The van der Waals surface area contributed by atoms with Gasteiger partial charge in [0.1, 0.15) is 0 Å². The van der Waals surface area contributed by atoms with Crippen LogP contribution in [0.2, 0.25) is 10.0 Å². The minimum atomic E-state index is -0.532. The highest BCUT2D eigenvalue weighted by Gasteiger charge is 2.17. The van der Waals surface area contributed by atoms with Crippen molar-refractivity contribution in [3.8, 4) is 5.75 Å². The van der Waals surface area contributed by atoms with Crippen LogP contribution >= 0.6 is 23.2 Å². The minimum absolute atomic E-state index is 0.0787. The van der Waals surface area contributed by atoms with Gasteiger partial charge < -0.3 is 9.47 Å². The Morgan fingerprint density at radius 2 is 1.95 bits per heavy atom. The van der Waals surface area contributed by atoms with Crippen LogP contribution in [-0.4, -0.2) is 18.5 Å². The Balaban J connectivity index is 3.00. The van der Waals surface area contributed by atoms with Gasteiger partial charge in [-0.1, -0.05) is 35.8 Å². The van der Waals surface area contributed by atoms with E-state index >= 15 is 0 Å². The fourth-order valence-electron chi connectivity index (χ4n) is 1.48. The van der Waals surface area contributed by atoms with Crippen LogP contribution < -0.4 is 4.74 Å². The highest BCUT2D eigenvalue weighted by molar-refractivity contribution is 6.37. The van der Waals surface area contributed by atoms with E-state index in [1.807, 2.05) is 0 Å². The van der Waals surface area contributed by atoms with E-state index in [1.54, 1.807) is 19.1 Å². The van der Waals surface area contributed by atoms with E-state index in [0.717, 1.165) is 0 Å². The Kier molecular flexibility index (Phi) is 6.05. The number of esters is 2. The summed E-state index contributed by atoms with van der Waals surface area (Å²) in [6.07, 6.45) is 0.184. The molecule has 0 aromatic heterocycles. The van der Waals surface area contributed by atoms with Crippen LogP contribution in [0.15, 0.2) is 24.3 Å². The number of rotatable bonds is 5. The molecule has 0 atom stereocenters. The van der Waals surface area contributed by atoms with Crippen LogP contribution in [0, 0.1) is 0 Å². The zero-order chi connectivity index (χ0) is 15.3. The summed E-state index contributed by atoms with van der Waals surface area (Å²) in [6.45, 7) is 6.87. The van der Waals surface area contributed by atoms with Gasteiger partial charge in [0, 0.05) is 18.9 Å². The first-order valence-corrected chi connectivity index (χ1v) is 6.62. The lowest BCUT2D eigenvalue weighted by Gasteiger charge is -2.11. The molecule has 0 aliphatic carbocycles. The molecular weight excluding hydrogens is 303 g/mol. The van der Waals surface area contributed by atoms with E-state index in [9.17, 15) is 9.59 Å². The molecule has 0 saturated heterocycles. The number of carbonyl (C=O) groups is 2. The van der Waals surface area contributed by atoms with E-state index in [-0.39, 0.29) is 34.4 Å². The van der Waals surface area contributed by atoms with Crippen molar-refractivity contribution < 1.29 is 19.1 Å². The lowest BCUT2D eigenvalue weighted by molar-refractivity contribution is -0.138. The minimum Gasteiger partial charge on any atom is -0.463 e. The molecule has 0 bridgehead atoms. The summed E-state index contributed by atoms with van der Waals surface area (Å²) in [5.74, 6) is -0.947. The SMILES string of the molecule is C=C(Cc1ccc(Cl)c(OC(C)=O)c1Cl)C(=O)OCC. The van der Waals surface area contributed by atoms with Crippen molar-refractivity contribution >= 4 is 35.1 Å². The van der Waals surface area contributed by atoms with E-state index in [4.69, 9.17) is 32.7 Å². The highest BCUT2D eigenvalue weighted by atomic mass is 35.5. The van der Waals surface area contributed by atoms with Crippen LogP contribution in [-0.2, 0) is 20.7 Å². The molecule has 1 aromatic carbocycles. The van der Waals surface area contributed by atoms with Crippen LogP contribution in [0.5, 0.6) is 5.75 Å². The van der Waals surface area contributed by atoms with Crippen LogP contribution in [0.25, 0.3) is 0 Å². The molecule has 20 heavy (non-hydrogen) atoms. The van der Waals surface area contributed by atoms with Crippen molar-refractivity contribution in [3.05, 3.63) is 39.9 Å². The molecule has 0 saturated carbocycles. The molecule has 1 aromatic rings. The summed E-state index contributed by atoms with van der Waals surface area (Å²) in [6, 6.07) is 3.18. The van der Waals surface area contributed by atoms with E-state index in [1.165, 1.54) is 6.92 Å². The number of hydrogen-bond donors (Lipinski definition) is 0. The molecule has 1 rings (SSSR count). The Morgan fingerprint density at radius 1 is 1.30 bits per heavy atom. The molecule has 0 fully saturated rings. The van der Waals surface area contributed by atoms with Crippen molar-refractivity contribution in [1.82, 2.24) is 0 Å². The van der Waals surface area contributed by atoms with E-state index in [0.29, 0.717) is 5.56 Å². The Morgan fingerprint density at radius 3 is 2.50 bits per heavy atom. The predicted octanol–water partition coefficient (Wildman–Crippen LogP) is 3.58. The van der Waals surface area contributed by atoms with Gasteiger partial charge in [-0.3, -0.25) is 4.79 Å². The Hall–Kier alpha value is -1.52. The topological polar surface area (TPSA) is 52.6 Å². The van der Waals surface area contributed by atoms with Crippen molar-refractivity contribution in [2.24, 2.45) is 0 Å². The Labute approximate surface area is 127 Å². The monoisotopic (exact) mass is 316 g/mol. The third kappa shape index (κ3) is 4.25. The fourth-order valence-corrected chi connectivity index (χ4v) is 2.00. The van der Waals surface area contributed by atoms with Gasteiger partial charge in [0.15, 0.2) is 5.75 Å². The molecule has 108 valence electrons. The second-order valence-electron chi connectivity index (χ2n) is 3.94. The second-order valence-corrected chi connectivity index (χ2v) is 4.73. The first kappa shape index (κ1) is 16.5. The summed E-state index contributed by atoms with van der Waals surface area (Å²) < 4.78 is 9.80. The van der Waals surface area contributed by atoms with Crippen molar-refractivity contribution in [3.63, 3.8) is 0 Å². The highest BCUT2D eigenvalue weighted by Crippen LogP contribution is 2.36. The summed E-state index contributed by atoms with van der Waals surface area (Å²) in [5, 5.41) is 0.397. The number of benzene rings is 1. The number of hydrogen-bond acceptors (Lipinski definition) is 4. The van der Waals surface area contributed by atoms with Gasteiger partial charge in [-0.2, -0.15) is 0 Å². The quantitative estimate of drug-likeness (QED) is 0.473. The number of carbonyl (C=O) groups excluding carboxylic acids is 2. The second kappa shape index (κ2) is 7.31. The summed E-state index contributed by atoms with van der Waals surface area (Å²) in [4.78, 5) is 22.5. The zero-order valence-electron chi connectivity index (χ0n) is 11.2. The molecule has 6 heteroatoms. The molecule has 0 aliphatic rings. The standard InChI is InChI=1S/C14H14Cl2O4/c1-4-19-14(18)8(2)7-10-5-6-11(15)13(12(10)16)20-9(3)17/h5-6H,2,4,7H2,1,3H3. The van der Waals surface area contributed by atoms with Crippen molar-refractivity contribution in [1.29, 1.82) is 0 Å². The van der Waals surface area contributed by atoms with Gasteiger partial charge in [0.2, 0.25) is 0 Å². The lowest BCUT2D eigenvalue weighted by Crippen LogP contribution is -2.09. The van der Waals surface area contributed by atoms with Crippen LogP contribution in [0.4, 0.5) is 0 Å². The number of halogens is 2. The van der Waals surface area contributed by atoms with Gasteiger partial charge in [0.05, 0.1) is 16.7 Å². The third-order valence-electron chi connectivity index (χ3n) is 2.34. The maximum atomic E-state index is 11.5. The first-order chi connectivity index (χ1) is 9.36. The largest absolute Gasteiger partial charge is 0.463 e.